The van der Waals surface area contributed by atoms with Gasteiger partial charge in [-0.2, -0.15) is 0 Å². The average Bonchev–Trinajstić information content (AvgIpc) is 2.47. The highest BCUT2D eigenvalue weighted by atomic mass is 16.4. The van der Waals surface area contributed by atoms with Gasteiger partial charge in [0.25, 0.3) is 0 Å². The number of carboxylic acid groups (broad SMARTS) is 1. The highest BCUT2D eigenvalue weighted by molar-refractivity contribution is 5.83. The molecular formula is C8H11NO3. The summed E-state index contributed by atoms with van der Waals surface area (Å²) in [7, 11) is 0. The number of hydrogen-bond acceptors (Lipinski definition) is 3. The molecule has 12 heavy (non-hydrogen) atoms. The van der Waals surface area contributed by atoms with E-state index in [0.29, 0.717) is 24.8 Å². The van der Waals surface area contributed by atoms with Crippen LogP contribution in [-0.4, -0.2) is 23.6 Å². The first-order valence-electron chi connectivity index (χ1n) is 3.85. The van der Waals surface area contributed by atoms with Crippen molar-refractivity contribution in [2.75, 3.05) is 6.54 Å². The van der Waals surface area contributed by atoms with Crippen LogP contribution in [0.3, 0.4) is 0 Å². The van der Waals surface area contributed by atoms with Gasteiger partial charge in [0.2, 0.25) is 0 Å². The smallest absolute Gasteiger partial charge is 0.315 e. The molecule has 0 aromatic rings. The lowest BCUT2D eigenvalue weighted by Gasteiger charge is -2.21. The number of carboxylic acids is 1. The van der Waals surface area contributed by atoms with Crippen LogP contribution in [-0.2, 0) is 9.59 Å². The van der Waals surface area contributed by atoms with Gasteiger partial charge in [0.15, 0.2) is 0 Å². The molecule has 1 aliphatic carbocycles. The molecule has 66 valence electrons. The molecule has 0 bridgehead atoms. The Morgan fingerprint density at radius 3 is 2.75 bits per heavy atom. The first-order chi connectivity index (χ1) is 5.67. The first kappa shape index (κ1) is 8.97. The van der Waals surface area contributed by atoms with E-state index in [1.54, 1.807) is 5.94 Å². The van der Waals surface area contributed by atoms with Gasteiger partial charge in [0.05, 0.1) is 0 Å². The summed E-state index contributed by atoms with van der Waals surface area (Å²) in [4.78, 5) is 21.2. The SMILES string of the molecule is NCC1(C(=O)O)CCCC1=C=O. The van der Waals surface area contributed by atoms with Crippen molar-refractivity contribution in [3.63, 3.8) is 0 Å². The standard InChI is InChI=1S/C8H11NO3/c9-5-8(7(11)12)3-1-2-6(8)4-10/h1-3,5,9H2,(H,11,12). The van der Waals surface area contributed by atoms with Crippen LogP contribution < -0.4 is 5.73 Å². The number of rotatable bonds is 2. The average molecular weight is 169 g/mol. The summed E-state index contributed by atoms with van der Waals surface area (Å²) >= 11 is 0. The molecule has 3 N–H and O–H groups in total. The highest BCUT2D eigenvalue weighted by Crippen LogP contribution is 2.40. The lowest BCUT2D eigenvalue weighted by molar-refractivity contribution is -0.145. The van der Waals surface area contributed by atoms with Crippen molar-refractivity contribution in [1.82, 2.24) is 0 Å². The summed E-state index contributed by atoms with van der Waals surface area (Å²) in [6.07, 6.45) is 1.70. The van der Waals surface area contributed by atoms with Gasteiger partial charge in [-0.3, -0.25) is 4.79 Å². The summed E-state index contributed by atoms with van der Waals surface area (Å²) in [5, 5.41) is 8.89. The fourth-order valence-electron chi connectivity index (χ4n) is 1.65. The first-order valence-corrected chi connectivity index (χ1v) is 3.85. The number of carbonyl (C=O) groups is 1. The molecule has 0 heterocycles. The minimum atomic E-state index is -1.11. The van der Waals surface area contributed by atoms with Crippen LogP contribution in [0, 0.1) is 5.41 Å². The topological polar surface area (TPSA) is 80.4 Å². The zero-order chi connectivity index (χ0) is 9.19. The molecule has 0 spiro atoms. The zero-order valence-corrected chi connectivity index (χ0v) is 6.67. The Balaban J connectivity index is 3.08. The summed E-state index contributed by atoms with van der Waals surface area (Å²) < 4.78 is 0. The Kier molecular flexibility index (Phi) is 2.31. The number of carbonyl (C=O) groups excluding carboxylic acids is 1. The van der Waals surface area contributed by atoms with Crippen molar-refractivity contribution in [1.29, 1.82) is 0 Å². The van der Waals surface area contributed by atoms with Gasteiger partial charge < -0.3 is 10.8 Å². The van der Waals surface area contributed by atoms with Crippen LogP contribution in [0.4, 0.5) is 0 Å². The Hall–Kier alpha value is -1.12. The Labute approximate surface area is 70.1 Å². The van der Waals surface area contributed by atoms with E-state index >= 15 is 0 Å². The van der Waals surface area contributed by atoms with Crippen molar-refractivity contribution < 1.29 is 14.7 Å². The molecule has 0 aromatic heterocycles. The zero-order valence-electron chi connectivity index (χ0n) is 6.67. The van der Waals surface area contributed by atoms with E-state index in [9.17, 15) is 9.59 Å². The van der Waals surface area contributed by atoms with Crippen molar-refractivity contribution >= 4 is 11.9 Å². The normalized spacial score (nSPS) is 28.6. The maximum atomic E-state index is 10.8. The van der Waals surface area contributed by atoms with Gasteiger partial charge in [0.1, 0.15) is 11.4 Å². The number of hydrogen-bond donors (Lipinski definition) is 2. The Morgan fingerprint density at radius 2 is 2.42 bits per heavy atom. The second kappa shape index (κ2) is 3.09. The van der Waals surface area contributed by atoms with Gasteiger partial charge in [0, 0.05) is 12.1 Å². The predicted molar refractivity (Wildman–Crippen MR) is 42.2 cm³/mol. The summed E-state index contributed by atoms with van der Waals surface area (Å²) in [6.45, 7) is -0.00704. The summed E-state index contributed by atoms with van der Waals surface area (Å²) in [5.74, 6) is 0.694. The fraction of sp³-hybridized carbons (Fsp3) is 0.625. The molecule has 1 aliphatic rings. The van der Waals surface area contributed by atoms with Crippen LogP contribution in [0.2, 0.25) is 0 Å². The number of aliphatic carboxylic acids is 1. The highest BCUT2D eigenvalue weighted by Gasteiger charge is 2.45. The maximum Gasteiger partial charge on any atom is 0.315 e. The van der Waals surface area contributed by atoms with Gasteiger partial charge in [-0.05, 0) is 19.3 Å². The Bertz CT molecular complexity index is 255. The molecule has 1 unspecified atom stereocenters. The molecule has 0 saturated heterocycles. The maximum absolute atomic E-state index is 10.8. The van der Waals surface area contributed by atoms with Gasteiger partial charge in [-0.1, -0.05) is 0 Å². The molecule has 0 radical (unpaired) electrons. The number of nitrogens with two attached hydrogens (primary N) is 1. The minimum absolute atomic E-state index is 0.00704. The van der Waals surface area contributed by atoms with Crippen LogP contribution in [0.5, 0.6) is 0 Å². The molecule has 1 fully saturated rings. The van der Waals surface area contributed by atoms with Crippen molar-refractivity contribution in [2.24, 2.45) is 11.1 Å². The van der Waals surface area contributed by atoms with Crippen molar-refractivity contribution in [3.05, 3.63) is 5.57 Å². The largest absolute Gasteiger partial charge is 0.481 e. The molecule has 0 amide bonds. The van der Waals surface area contributed by atoms with E-state index in [-0.39, 0.29) is 6.54 Å². The van der Waals surface area contributed by atoms with Crippen molar-refractivity contribution in [3.8, 4) is 0 Å². The molecule has 4 nitrogen and oxygen atoms in total. The Morgan fingerprint density at radius 1 is 1.75 bits per heavy atom. The quantitative estimate of drug-likeness (QED) is 0.568. The molecular weight excluding hydrogens is 158 g/mol. The van der Waals surface area contributed by atoms with E-state index in [1.807, 2.05) is 0 Å². The van der Waals surface area contributed by atoms with Crippen LogP contribution >= 0.6 is 0 Å². The van der Waals surface area contributed by atoms with Gasteiger partial charge in [-0.15, -0.1) is 0 Å². The third kappa shape index (κ3) is 1.05. The molecule has 1 saturated carbocycles. The van der Waals surface area contributed by atoms with Gasteiger partial charge in [-0.25, -0.2) is 4.79 Å². The van der Waals surface area contributed by atoms with Gasteiger partial charge >= 0.3 is 5.97 Å². The van der Waals surface area contributed by atoms with Crippen LogP contribution in [0.25, 0.3) is 0 Å². The molecule has 0 aromatic carbocycles. The van der Waals surface area contributed by atoms with Crippen LogP contribution in [0.15, 0.2) is 5.57 Å². The minimum Gasteiger partial charge on any atom is -0.481 e. The molecule has 0 aliphatic heterocycles. The summed E-state index contributed by atoms with van der Waals surface area (Å²) in [6, 6.07) is 0. The lowest BCUT2D eigenvalue weighted by Crippen LogP contribution is -2.37. The predicted octanol–water partition coefficient (Wildman–Crippen LogP) is -0.0420. The molecule has 1 rings (SSSR count). The van der Waals surface area contributed by atoms with E-state index in [2.05, 4.69) is 0 Å². The second-order valence-corrected chi connectivity index (χ2v) is 3.03. The molecule has 1 atom stereocenters. The third-order valence-electron chi connectivity index (χ3n) is 2.49. The van der Waals surface area contributed by atoms with Crippen molar-refractivity contribution in [2.45, 2.75) is 19.3 Å². The van der Waals surface area contributed by atoms with Crippen LogP contribution in [0.1, 0.15) is 19.3 Å². The monoisotopic (exact) mass is 169 g/mol. The second-order valence-electron chi connectivity index (χ2n) is 3.03. The van der Waals surface area contributed by atoms with E-state index in [4.69, 9.17) is 10.8 Å². The summed E-state index contributed by atoms with van der Waals surface area (Å²) in [5.41, 5.74) is 4.56. The van der Waals surface area contributed by atoms with E-state index < -0.39 is 11.4 Å². The molecule has 4 heteroatoms. The lowest BCUT2D eigenvalue weighted by atomic mass is 9.83. The van der Waals surface area contributed by atoms with E-state index in [1.165, 1.54) is 0 Å². The third-order valence-corrected chi connectivity index (χ3v) is 2.49. The fourth-order valence-corrected chi connectivity index (χ4v) is 1.65. The van der Waals surface area contributed by atoms with E-state index in [0.717, 1.165) is 0 Å².